The minimum Gasteiger partial charge on any atom is -0.358 e. The highest BCUT2D eigenvalue weighted by molar-refractivity contribution is 6.11. The summed E-state index contributed by atoms with van der Waals surface area (Å²) in [6, 6.07) is 7.86. The van der Waals surface area contributed by atoms with Crippen molar-refractivity contribution < 1.29 is 14.4 Å². The summed E-state index contributed by atoms with van der Waals surface area (Å²) >= 11 is 0. The number of para-hydroxylation sites is 1. The van der Waals surface area contributed by atoms with Gasteiger partial charge in [0.1, 0.15) is 6.54 Å². The Labute approximate surface area is 139 Å². The summed E-state index contributed by atoms with van der Waals surface area (Å²) in [5.74, 6) is -1.51. The molecule has 6 nitrogen and oxygen atoms in total. The van der Waals surface area contributed by atoms with E-state index >= 15 is 0 Å². The van der Waals surface area contributed by atoms with Crippen molar-refractivity contribution in [3.63, 3.8) is 0 Å². The van der Waals surface area contributed by atoms with Gasteiger partial charge in [-0.3, -0.25) is 19.3 Å². The molecule has 0 unspecified atom stereocenters. The molecule has 2 heterocycles. The highest BCUT2D eigenvalue weighted by atomic mass is 16.2. The van der Waals surface area contributed by atoms with E-state index in [1.54, 1.807) is 14.1 Å². The Hall–Kier alpha value is -2.63. The molecule has 2 aromatic rings. The van der Waals surface area contributed by atoms with Crippen molar-refractivity contribution in [1.82, 2.24) is 14.8 Å². The second-order valence-corrected chi connectivity index (χ2v) is 6.74. The van der Waals surface area contributed by atoms with Gasteiger partial charge >= 0.3 is 0 Å². The van der Waals surface area contributed by atoms with E-state index < -0.39 is 5.92 Å². The Morgan fingerprint density at radius 2 is 2.00 bits per heavy atom. The minimum atomic E-state index is -0.465. The average Bonchev–Trinajstić information content (AvgIpc) is 3.05. The van der Waals surface area contributed by atoms with Crippen molar-refractivity contribution in [1.29, 1.82) is 0 Å². The summed E-state index contributed by atoms with van der Waals surface area (Å²) in [6.07, 6.45) is 1.39. The monoisotopic (exact) mass is 325 g/mol. The Kier molecular flexibility index (Phi) is 3.23. The number of imide groups is 1. The summed E-state index contributed by atoms with van der Waals surface area (Å²) in [5, 5.41) is 1.00. The SMILES string of the molecule is CN(C)C(=O)CN1C(=O)[C@@H]2CCc3[nH]c4ccccc4c3[C@@H]2C1=O. The summed E-state index contributed by atoms with van der Waals surface area (Å²) in [4.78, 5) is 43.5. The molecular weight excluding hydrogens is 306 g/mol. The van der Waals surface area contributed by atoms with Gasteiger partial charge in [-0.2, -0.15) is 0 Å². The summed E-state index contributed by atoms with van der Waals surface area (Å²) in [6.45, 7) is -0.171. The molecule has 1 saturated heterocycles. The number of nitrogens with one attached hydrogen (secondary N) is 1. The van der Waals surface area contributed by atoms with E-state index in [1.165, 1.54) is 4.90 Å². The van der Waals surface area contributed by atoms with Gasteiger partial charge in [0, 0.05) is 30.7 Å². The van der Waals surface area contributed by atoms with E-state index in [4.69, 9.17) is 0 Å². The van der Waals surface area contributed by atoms with E-state index in [-0.39, 0.29) is 30.2 Å². The van der Waals surface area contributed by atoms with Gasteiger partial charge in [-0.1, -0.05) is 18.2 Å². The largest absolute Gasteiger partial charge is 0.358 e. The van der Waals surface area contributed by atoms with E-state index in [9.17, 15) is 14.4 Å². The molecule has 0 radical (unpaired) electrons. The number of aromatic amines is 1. The number of H-pyrrole nitrogens is 1. The molecule has 1 aromatic carbocycles. The van der Waals surface area contributed by atoms with Gasteiger partial charge in [-0.05, 0) is 24.5 Å². The Balaban J connectivity index is 1.77. The molecule has 4 rings (SSSR count). The van der Waals surface area contributed by atoms with Crippen LogP contribution in [-0.4, -0.2) is 53.1 Å². The predicted octanol–water partition coefficient (Wildman–Crippen LogP) is 1.27. The van der Waals surface area contributed by atoms with Crippen LogP contribution in [-0.2, 0) is 20.8 Å². The topological polar surface area (TPSA) is 73.5 Å². The molecule has 6 heteroatoms. The highest BCUT2D eigenvalue weighted by Gasteiger charge is 2.51. The van der Waals surface area contributed by atoms with Crippen molar-refractivity contribution in [3.8, 4) is 0 Å². The second-order valence-electron chi connectivity index (χ2n) is 6.74. The Bertz CT molecular complexity index is 868. The minimum absolute atomic E-state index is 0.171. The maximum Gasteiger partial charge on any atom is 0.242 e. The van der Waals surface area contributed by atoms with Gasteiger partial charge in [0.2, 0.25) is 17.7 Å². The maximum atomic E-state index is 12.9. The van der Waals surface area contributed by atoms with Crippen LogP contribution in [0.15, 0.2) is 24.3 Å². The van der Waals surface area contributed by atoms with Crippen LogP contribution >= 0.6 is 0 Å². The van der Waals surface area contributed by atoms with Crippen LogP contribution in [0, 0.1) is 5.92 Å². The molecule has 1 aliphatic carbocycles. The average molecular weight is 325 g/mol. The number of aryl methyl sites for hydroxylation is 1. The molecule has 1 N–H and O–H groups in total. The van der Waals surface area contributed by atoms with Crippen molar-refractivity contribution in [2.45, 2.75) is 18.8 Å². The lowest BCUT2D eigenvalue weighted by atomic mass is 9.78. The van der Waals surface area contributed by atoms with Gasteiger partial charge in [0.05, 0.1) is 11.8 Å². The van der Waals surface area contributed by atoms with Crippen LogP contribution in [0.3, 0.4) is 0 Å². The first-order chi connectivity index (χ1) is 11.5. The smallest absolute Gasteiger partial charge is 0.242 e. The van der Waals surface area contributed by atoms with Crippen LogP contribution in [0.2, 0.25) is 0 Å². The number of hydrogen-bond acceptors (Lipinski definition) is 3. The number of hydrogen-bond donors (Lipinski definition) is 1. The molecule has 1 aromatic heterocycles. The van der Waals surface area contributed by atoms with Crippen molar-refractivity contribution >= 4 is 28.6 Å². The lowest BCUT2D eigenvalue weighted by Gasteiger charge is -2.21. The highest BCUT2D eigenvalue weighted by Crippen LogP contribution is 2.45. The van der Waals surface area contributed by atoms with Crippen LogP contribution < -0.4 is 0 Å². The first kappa shape index (κ1) is 14.9. The lowest BCUT2D eigenvalue weighted by molar-refractivity contribution is -0.145. The third-order valence-electron chi connectivity index (χ3n) is 5.15. The van der Waals surface area contributed by atoms with Gasteiger partial charge in [0.15, 0.2) is 0 Å². The first-order valence-corrected chi connectivity index (χ1v) is 8.14. The fourth-order valence-corrected chi connectivity index (χ4v) is 3.91. The Morgan fingerprint density at radius 3 is 2.75 bits per heavy atom. The van der Waals surface area contributed by atoms with Crippen molar-refractivity contribution in [2.75, 3.05) is 20.6 Å². The number of amides is 3. The maximum absolute atomic E-state index is 12.9. The van der Waals surface area contributed by atoms with Crippen LogP contribution in [0.25, 0.3) is 10.9 Å². The van der Waals surface area contributed by atoms with E-state index in [0.717, 1.165) is 33.5 Å². The third kappa shape index (κ3) is 1.99. The molecule has 24 heavy (non-hydrogen) atoms. The van der Waals surface area contributed by atoms with E-state index in [2.05, 4.69) is 4.98 Å². The van der Waals surface area contributed by atoms with Crippen LogP contribution in [0.5, 0.6) is 0 Å². The van der Waals surface area contributed by atoms with Crippen molar-refractivity contribution in [2.24, 2.45) is 5.92 Å². The molecule has 1 aliphatic heterocycles. The normalized spacial score (nSPS) is 22.7. The number of carbonyl (C=O) groups is 3. The third-order valence-corrected chi connectivity index (χ3v) is 5.15. The molecule has 0 saturated carbocycles. The van der Waals surface area contributed by atoms with Crippen LogP contribution in [0.4, 0.5) is 0 Å². The predicted molar refractivity (Wildman–Crippen MR) is 88.3 cm³/mol. The number of likely N-dealkylation sites (N-methyl/N-ethyl adjacent to an activating group) is 1. The van der Waals surface area contributed by atoms with Gasteiger partial charge in [-0.15, -0.1) is 0 Å². The summed E-state index contributed by atoms with van der Waals surface area (Å²) in [5.41, 5.74) is 2.98. The molecule has 2 atom stereocenters. The van der Waals surface area contributed by atoms with Crippen LogP contribution in [0.1, 0.15) is 23.6 Å². The standard InChI is InChI=1S/C18H19N3O3/c1-20(2)14(22)9-21-17(23)11-7-8-13-15(16(11)18(21)24)10-5-3-4-6-12(10)19-13/h3-6,11,16,19H,7-9H2,1-2H3/t11-,16-/m1/s1. The van der Waals surface area contributed by atoms with E-state index in [0.29, 0.717) is 6.42 Å². The van der Waals surface area contributed by atoms with Gasteiger partial charge in [-0.25, -0.2) is 0 Å². The molecule has 3 amide bonds. The fraction of sp³-hybridized carbons (Fsp3) is 0.389. The number of likely N-dealkylation sites (tertiary alicyclic amines) is 1. The number of carbonyl (C=O) groups excluding carboxylic acids is 3. The second kappa shape index (κ2) is 5.19. The summed E-state index contributed by atoms with van der Waals surface area (Å²) in [7, 11) is 3.25. The molecule has 124 valence electrons. The fourth-order valence-electron chi connectivity index (χ4n) is 3.91. The number of benzene rings is 1. The molecule has 2 aliphatic rings. The number of aromatic nitrogens is 1. The zero-order valence-corrected chi connectivity index (χ0v) is 13.7. The quantitative estimate of drug-likeness (QED) is 0.845. The zero-order valence-electron chi connectivity index (χ0n) is 13.7. The van der Waals surface area contributed by atoms with Gasteiger partial charge < -0.3 is 9.88 Å². The molecular formula is C18H19N3O3. The molecule has 0 spiro atoms. The van der Waals surface area contributed by atoms with Gasteiger partial charge in [0.25, 0.3) is 0 Å². The number of rotatable bonds is 2. The lowest BCUT2D eigenvalue weighted by Crippen LogP contribution is -2.40. The first-order valence-electron chi connectivity index (χ1n) is 8.14. The van der Waals surface area contributed by atoms with Crippen molar-refractivity contribution in [3.05, 3.63) is 35.5 Å². The zero-order chi connectivity index (χ0) is 17.0. The number of fused-ring (bicyclic) bond motifs is 5. The molecule has 0 bridgehead atoms. The molecule has 1 fully saturated rings. The summed E-state index contributed by atoms with van der Waals surface area (Å²) < 4.78 is 0. The Morgan fingerprint density at radius 1 is 1.25 bits per heavy atom. The van der Waals surface area contributed by atoms with E-state index in [1.807, 2.05) is 24.3 Å². The number of nitrogens with zero attached hydrogens (tertiary/aromatic N) is 2.